The summed E-state index contributed by atoms with van der Waals surface area (Å²) in [6, 6.07) is 9.54. The number of nitrogens with zero attached hydrogens (tertiary/aromatic N) is 2. The van der Waals surface area contributed by atoms with Crippen LogP contribution in [0.2, 0.25) is 0 Å². The van der Waals surface area contributed by atoms with E-state index in [2.05, 4.69) is 9.98 Å². The van der Waals surface area contributed by atoms with Crippen molar-refractivity contribution >= 4 is 17.9 Å². The summed E-state index contributed by atoms with van der Waals surface area (Å²) in [5.74, 6) is -1.48. The van der Waals surface area contributed by atoms with Gasteiger partial charge in [-0.15, -0.1) is 0 Å². The Labute approximate surface area is 103 Å². The van der Waals surface area contributed by atoms with Gasteiger partial charge < -0.3 is 10.2 Å². The minimum atomic E-state index is -1.17. The van der Waals surface area contributed by atoms with Crippen molar-refractivity contribution in [2.75, 3.05) is 0 Å². The van der Waals surface area contributed by atoms with Gasteiger partial charge in [0.1, 0.15) is 11.3 Å². The molecule has 90 valence electrons. The average Bonchev–Trinajstić information content (AvgIpc) is 2.37. The van der Waals surface area contributed by atoms with Crippen LogP contribution >= 0.6 is 0 Å². The first-order chi connectivity index (χ1) is 8.66. The first-order valence-corrected chi connectivity index (χ1v) is 5.18. The summed E-state index contributed by atoms with van der Waals surface area (Å²) in [7, 11) is 0. The van der Waals surface area contributed by atoms with Crippen molar-refractivity contribution in [1.29, 1.82) is 0 Å². The van der Waals surface area contributed by atoms with Crippen LogP contribution in [0.4, 0.5) is 5.69 Å². The number of carbonyl (C=O) groups is 1. The first-order valence-electron chi connectivity index (χ1n) is 5.18. The molecule has 1 heterocycles. The monoisotopic (exact) mass is 242 g/mol. The smallest absolute Gasteiger partial charge is 0.339 e. The molecule has 0 radical (unpaired) electrons. The fourth-order valence-corrected chi connectivity index (χ4v) is 1.37. The van der Waals surface area contributed by atoms with Gasteiger partial charge in [-0.05, 0) is 24.3 Å². The van der Waals surface area contributed by atoms with E-state index >= 15 is 0 Å². The molecule has 0 unspecified atom stereocenters. The summed E-state index contributed by atoms with van der Waals surface area (Å²) in [6.45, 7) is 0. The van der Waals surface area contributed by atoms with E-state index in [1.807, 2.05) is 6.07 Å². The first kappa shape index (κ1) is 11.8. The third-order valence-electron chi connectivity index (χ3n) is 2.25. The fourth-order valence-electron chi connectivity index (χ4n) is 1.37. The molecule has 1 aromatic heterocycles. The molecule has 2 rings (SSSR count). The molecule has 0 aliphatic heterocycles. The molecule has 2 N–H and O–H groups in total. The number of rotatable bonds is 3. The third kappa shape index (κ3) is 2.70. The van der Waals surface area contributed by atoms with Crippen LogP contribution < -0.4 is 0 Å². The maximum absolute atomic E-state index is 10.7. The Morgan fingerprint density at radius 1 is 1.28 bits per heavy atom. The summed E-state index contributed by atoms with van der Waals surface area (Å²) < 4.78 is 0. The van der Waals surface area contributed by atoms with Crippen LogP contribution in [-0.4, -0.2) is 27.4 Å². The summed E-state index contributed by atoms with van der Waals surface area (Å²) >= 11 is 0. The number of aromatic nitrogens is 1. The zero-order valence-electron chi connectivity index (χ0n) is 9.32. The molecule has 0 aliphatic carbocycles. The summed E-state index contributed by atoms with van der Waals surface area (Å²) in [5, 5.41) is 18.2. The maximum Gasteiger partial charge on any atom is 0.339 e. The zero-order valence-corrected chi connectivity index (χ0v) is 9.32. The molecular weight excluding hydrogens is 232 g/mol. The van der Waals surface area contributed by atoms with Gasteiger partial charge in [-0.2, -0.15) is 0 Å². The predicted molar refractivity (Wildman–Crippen MR) is 66.6 cm³/mol. The van der Waals surface area contributed by atoms with Crippen LogP contribution in [0.25, 0.3) is 0 Å². The second kappa shape index (κ2) is 5.09. The molecule has 0 amide bonds. The lowest BCUT2D eigenvalue weighted by molar-refractivity contribution is 0.0694. The molecular formula is C13H10N2O3. The van der Waals surface area contributed by atoms with Crippen molar-refractivity contribution in [1.82, 2.24) is 4.98 Å². The third-order valence-corrected chi connectivity index (χ3v) is 2.25. The van der Waals surface area contributed by atoms with Gasteiger partial charge in [-0.3, -0.25) is 9.98 Å². The number of aliphatic imine (C=N–C) groups is 1. The van der Waals surface area contributed by atoms with Crippen molar-refractivity contribution < 1.29 is 15.0 Å². The molecule has 18 heavy (non-hydrogen) atoms. The van der Waals surface area contributed by atoms with Crippen LogP contribution in [0.3, 0.4) is 0 Å². The molecule has 0 aliphatic rings. The van der Waals surface area contributed by atoms with Gasteiger partial charge in [-0.25, -0.2) is 4.79 Å². The van der Waals surface area contributed by atoms with E-state index in [4.69, 9.17) is 5.11 Å². The van der Waals surface area contributed by atoms with Gasteiger partial charge in [0.2, 0.25) is 0 Å². The van der Waals surface area contributed by atoms with E-state index in [1.54, 1.807) is 18.3 Å². The van der Waals surface area contributed by atoms with Gasteiger partial charge >= 0.3 is 5.97 Å². The second-order valence-electron chi connectivity index (χ2n) is 3.52. The SMILES string of the molecule is O=C(O)c1ccc(N=Cc2ccccn2)cc1O. The molecule has 0 saturated carbocycles. The van der Waals surface area contributed by atoms with Crippen molar-refractivity contribution in [3.8, 4) is 5.75 Å². The molecule has 5 nitrogen and oxygen atoms in total. The molecule has 0 atom stereocenters. The van der Waals surface area contributed by atoms with Gasteiger partial charge in [0.25, 0.3) is 0 Å². The molecule has 0 spiro atoms. The lowest BCUT2D eigenvalue weighted by Gasteiger charge is -2.00. The van der Waals surface area contributed by atoms with E-state index in [9.17, 15) is 9.90 Å². The second-order valence-corrected chi connectivity index (χ2v) is 3.52. The van der Waals surface area contributed by atoms with Gasteiger partial charge in [0.15, 0.2) is 0 Å². The van der Waals surface area contributed by atoms with E-state index < -0.39 is 5.97 Å². The Bertz CT molecular complexity index is 594. The number of hydrogen-bond acceptors (Lipinski definition) is 4. The Morgan fingerprint density at radius 2 is 2.11 bits per heavy atom. The standard InChI is InChI=1S/C13H10N2O3/c16-12-7-9(4-5-11(12)13(17)18)15-8-10-3-1-2-6-14-10/h1-8,16H,(H,17,18). The minimum absolute atomic E-state index is 0.146. The number of aromatic hydroxyl groups is 1. The highest BCUT2D eigenvalue weighted by Crippen LogP contribution is 2.23. The predicted octanol–water partition coefficient (Wildman–Crippen LogP) is 2.24. The summed E-state index contributed by atoms with van der Waals surface area (Å²) in [4.78, 5) is 18.9. The van der Waals surface area contributed by atoms with Gasteiger partial charge in [-0.1, -0.05) is 6.07 Å². The highest BCUT2D eigenvalue weighted by Gasteiger charge is 2.08. The van der Waals surface area contributed by atoms with Crippen LogP contribution in [0.1, 0.15) is 16.1 Å². The lowest BCUT2D eigenvalue weighted by atomic mass is 10.2. The van der Waals surface area contributed by atoms with E-state index in [-0.39, 0.29) is 11.3 Å². The van der Waals surface area contributed by atoms with E-state index in [1.165, 1.54) is 24.4 Å². The molecule has 0 bridgehead atoms. The normalized spacial score (nSPS) is 10.7. The molecule has 1 aromatic carbocycles. The van der Waals surface area contributed by atoms with Crippen molar-refractivity contribution in [2.45, 2.75) is 0 Å². The molecule has 2 aromatic rings. The Kier molecular flexibility index (Phi) is 3.33. The average molecular weight is 242 g/mol. The topological polar surface area (TPSA) is 82.8 Å². The molecule has 0 saturated heterocycles. The van der Waals surface area contributed by atoms with Crippen molar-refractivity contribution in [2.24, 2.45) is 4.99 Å². The number of aromatic carboxylic acids is 1. The number of carboxylic acids is 1. The molecule has 0 fully saturated rings. The number of benzene rings is 1. The van der Waals surface area contributed by atoms with Crippen LogP contribution in [0.5, 0.6) is 5.75 Å². The van der Waals surface area contributed by atoms with Crippen LogP contribution in [0.15, 0.2) is 47.6 Å². The van der Waals surface area contributed by atoms with Crippen LogP contribution in [-0.2, 0) is 0 Å². The quantitative estimate of drug-likeness (QED) is 0.808. The number of phenols is 1. The summed E-state index contributed by atoms with van der Waals surface area (Å²) in [6.07, 6.45) is 3.18. The highest BCUT2D eigenvalue weighted by molar-refractivity contribution is 5.91. The Balaban J connectivity index is 2.23. The highest BCUT2D eigenvalue weighted by atomic mass is 16.4. The number of hydrogen-bond donors (Lipinski definition) is 2. The Hall–Kier alpha value is -2.69. The summed E-state index contributed by atoms with van der Waals surface area (Å²) in [5.41, 5.74) is 0.995. The van der Waals surface area contributed by atoms with Crippen molar-refractivity contribution in [3.05, 3.63) is 53.9 Å². The number of carboxylic acid groups (broad SMARTS) is 1. The van der Waals surface area contributed by atoms with E-state index in [0.29, 0.717) is 11.4 Å². The Morgan fingerprint density at radius 3 is 2.72 bits per heavy atom. The van der Waals surface area contributed by atoms with E-state index in [0.717, 1.165) is 0 Å². The lowest BCUT2D eigenvalue weighted by Crippen LogP contribution is -1.95. The maximum atomic E-state index is 10.7. The minimum Gasteiger partial charge on any atom is -0.507 e. The zero-order chi connectivity index (χ0) is 13.0. The largest absolute Gasteiger partial charge is 0.507 e. The fraction of sp³-hybridized carbons (Fsp3) is 0. The molecule has 5 heteroatoms. The van der Waals surface area contributed by atoms with Crippen LogP contribution in [0, 0.1) is 0 Å². The van der Waals surface area contributed by atoms with Crippen molar-refractivity contribution in [3.63, 3.8) is 0 Å². The number of pyridine rings is 1. The van der Waals surface area contributed by atoms with Gasteiger partial charge in [0, 0.05) is 12.3 Å². The van der Waals surface area contributed by atoms with Gasteiger partial charge in [0.05, 0.1) is 17.6 Å².